The number of rotatable bonds is 8. The van der Waals surface area contributed by atoms with E-state index in [1.807, 2.05) is 19.1 Å². The Hall–Kier alpha value is -1.06. The molecule has 0 radical (unpaired) electrons. The minimum atomic E-state index is 0.477. The fourth-order valence-electron chi connectivity index (χ4n) is 1.89. The van der Waals surface area contributed by atoms with E-state index >= 15 is 0 Å². The second-order valence-corrected chi connectivity index (χ2v) is 4.68. The Morgan fingerprint density at radius 2 is 2.00 bits per heavy atom. The number of hydrogen-bond donors (Lipinski definition) is 1. The third-order valence-corrected chi connectivity index (χ3v) is 3.04. The van der Waals surface area contributed by atoms with Crippen LogP contribution in [0.25, 0.3) is 0 Å². The highest BCUT2D eigenvalue weighted by Crippen LogP contribution is 2.17. The lowest BCUT2D eigenvalue weighted by atomic mass is 10.2. The Kier molecular flexibility index (Phi) is 6.76. The van der Waals surface area contributed by atoms with Crippen molar-refractivity contribution in [2.45, 2.75) is 33.4 Å². The van der Waals surface area contributed by atoms with Gasteiger partial charge in [0.05, 0.1) is 6.61 Å². The van der Waals surface area contributed by atoms with Gasteiger partial charge in [0, 0.05) is 24.7 Å². The fraction of sp³-hybridized carbons (Fsp3) is 0.600. The van der Waals surface area contributed by atoms with Crippen LogP contribution in [0.15, 0.2) is 24.3 Å². The molecule has 3 heteroatoms. The van der Waals surface area contributed by atoms with E-state index in [2.05, 4.69) is 43.2 Å². The van der Waals surface area contributed by atoms with Gasteiger partial charge in [-0.2, -0.15) is 0 Å². The van der Waals surface area contributed by atoms with E-state index in [0.717, 1.165) is 25.4 Å². The van der Waals surface area contributed by atoms with Crippen molar-refractivity contribution < 1.29 is 4.74 Å². The van der Waals surface area contributed by atoms with Crippen LogP contribution >= 0.6 is 0 Å². The van der Waals surface area contributed by atoms with Crippen molar-refractivity contribution in [3.63, 3.8) is 0 Å². The van der Waals surface area contributed by atoms with Crippen LogP contribution in [-0.4, -0.2) is 37.7 Å². The highest BCUT2D eigenvalue weighted by molar-refractivity contribution is 5.33. The third-order valence-electron chi connectivity index (χ3n) is 3.04. The molecule has 0 saturated carbocycles. The molecule has 0 aliphatic rings. The smallest absolute Gasteiger partial charge is 0.123 e. The molecule has 1 aromatic rings. The second kappa shape index (κ2) is 8.11. The van der Waals surface area contributed by atoms with Crippen molar-refractivity contribution in [2.75, 3.05) is 26.7 Å². The van der Waals surface area contributed by atoms with Crippen LogP contribution in [0.1, 0.15) is 26.3 Å². The molecule has 1 aromatic carbocycles. The summed E-state index contributed by atoms with van der Waals surface area (Å²) in [7, 11) is 2.15. The van der Waals surface area contributed by atoms with E-state index in [4.69, 9.17) is 4.74 Å². The number of likely N-dealkylation sites (N-methyl/N-ethyl adjacent to an activating group) is 1. The number of ether oxygens (including phenoxy) is 1. The second-order valence-electron chi connectivity index (χ2n) is 4.68. The van der Waals surface area contributed by atoms with Gasteiger partial charge in [-0.1, -0.05) is 25.1 Å². The minimum absolute atomic E-state index is 0.477. The van der Waals surface area contributed by atoms with E-state index in [9.17, 15) is 0 Å². The molecule has 0 heterocycles. The summed E-state index contributed by atoms with van der Waals surface area (Å²) in [6, 6.07) is 8.70. The predicted molar refractivity (Wildman–Crippen MR) is 77.1 cm³/mol. The molecule has 0 spiro atoms. The Morgan fingerprint density at radius 1 is 1.28 bits per heavy atom. The van der Waals surface area contributed by atoms with E-state index in [1.165, 1.54) is 5.56 Å². The molecule has 1 atom stereocenters. The van der Waals surface area contributed by atoms with E-state index in [1.54, 1.807) is 0 Å². The van der Waals surface area contributed by atoms with Crippen molar-refractivity contribution in [3.8, 4) is 5.75 Å². The normalized spacial score (nSPS) is 12.7. The van der Waals surface area contributed by atoms with Crippen molar-refractivity contribution >= 4 is 0 Å². The van der Waals surface area contributed by atoms with Crippen LogP contribution in [0.3, 0.4) is 0 Å². The van der Waals surface area contributed by atoms with E-state index < -0.39 is 0 Å². The van der Waals surface area contributed by atoms with Gasteiger partial charge in [-0.15, -0.1) is 0 Å². The number of hydrogen-bond acceptors (Lipinski definition) is 3. The average Bonchev–Trinajstić information content (AvgIpc) is 2.38. The quantitative estimate of drug-likeness (QED) is 0.767. The Labute approximate surface area is 111 Å². The predicted octanol–water partition coefficient (Wildman–Crippen LogP) is 2.52. The topological polar surface area (TPSA) is 24.5 Å². The van der Waals surface area contributed by atoms with Gasteiger partial charge in [-0.25, -0.2) is 0 Å². The Balaban J connectivity index is 2.47. The monoisotopic (exact) mass is 250 g/mol. The summed E-state index contributed by atoms with van der Waals surface area (Å²) in [4.78, 5) is 2.31. The van der Waals surface area contributed by atoms with Gasteiger partial charge >= 0.3 is 0 Å². The summed E-state index contributed by atoms with van der Waals surface area (Å²) < 4.78 is 5.62. The molecule has 1 unspecified atom stereocenters. The molecule has 0 fully saturated rings. The average molecular weight is 250 g/mol. The Morgan fingerprint density at radius 3 is 2.67 bits per heavy atom. The first-order chi connectivity index (χ1) is 8.67. The van der Waals surface area contributed by atoms with Crippen LogP contribution in [0.5, 0.6) is 5.75 Å². The summed E-state index contributed by atoms with van der Waals surface area (Å²) in [5.41, 5.74) is 1.23. The summed E-state index contributed by atoms with van der Waals surface area (Å²) in [6.07, 6.45) is 0. The van der Waals surface area contributed by atoms with Crippen molar-refractivity contribution in [2.24, 2.45) is 0 Å². The molecule has 0 aliphatic carbocycles. The molecule has 3 nitrogen and oxygen atoms in total. The first-order valence-electron chi connectivity index (χ1n) is 6.80. The first-order valence-corrected chi connectivity index (χ1v) is 6.80. The number of nitrogens with one attached hydrogen (secondary N) is 1. The lowest BCUT2D eigenvalue weighted by Gasteiger charge is -2.21. The molecule has 0 aliphatic heterocycles. The summed E-state index contributed by atoms with van der Waals surface area (Å²) in [5, 5.41) is 3.54. The van der Waals surface area contributed by atoms with E-state index in [-0.39, 0.29) is 0 Å². The lowest BCUT2D eigenvalue weighted by Crippen LogP contribution is -2.37. The maximum absolute atomic E-state index is 5.62. The van der Waals surface area contributed by atoms with Crippen LogP contribution in [0.2, 0.25) is 0 Å². The zero-order valence-electron chi connectivity index (χ0n) is 12.1. The molecule has 18 heavy (non-hydrogen) atoms. The molecule has 0 bridgehead atoms. The number of nitrogens with zero attached hydrogens (tertiary/aromatic N) is 1. The van der Waals surface area contributed by atoms with Gasteiger partial charge in [0.15, 0.2) is 0 Å². The fourth-order valence-corrected chi connectivity index (χ4v) is 1.89. The van der Waals surface area contributed by atoms with Gasteiger partial charge in [-0.3, -0.25) is 0 Å². The zero-order valence-corrected chi connectivity index (χ0v) is 12.1. The van der Waals surface area contributed by atoms with Crippen molar-refractivity contribution in [3.05, 3.63) is 29.8 Å². The zero-order chi connectivity index (χ0) is 13.4. The molecule has 1 rings (SSSR count). The standard InChI is InChI=1S/C15H26N2O/c1-5-17(4)12-13(3)16-11-14-9-7-8-10-15(14)18-6-2/h7-10,13,16H,5-6,11-12H2,1-4H3. The summed E-state index contributed by atoms with van der Waals surface area (Å²) in [6.45, 7) is 10.1. The largest absolute Gasteiger partial charge is 0.494 e. The minimum Gasteiger partial charge on any atom is -0.494 e. The highest BCUT2D eigenvalue weighted by atomic mass is 16.5. The summed E-state index contributed by atoms with van der Waals surface area (Å²) >= 11 is 0. The molecule has 102 valence electrons. The maximum Gasteiger partial charge on any atom is 0.123 e. The van der Waals surface area contributed by atoms with Crippen LogP contribution in [0, 0.1) is 0 Å². The lowest BCUT2D eigenvalue weighted by molar-refractivity contribution is 0.306. The SMILES string of the molecule is CCOc1ccccc1CNC(C)CN(C)CC. The maximum atomic E-state index is 5.62. The molecular formula is C15H26N2O. The van der Waals surface area contributed by atoms with Crippen LogP contribution < -0.4 is 10.1 Å². The van der Waals surface area contributed by atoms with Gasteiger partial charge in [0.25, 0.3) is 0 Å². The van der Waals surface area contributed by atoms with Crippen molar-refractivity contribution in [1.29, 1.82) is 0 Å². The van der Waals surface area contributed by atoms with Gasteiger partial charge in [0.1, 0.15) is 5.75 Å². The van der Waals surface area contributed by atoms with E-state index in [0.29, 0.717) is 12.6 Å². The Bertz CT molecular complexity index is 341. The number of para-hydroxylation sites is 1. The molecular weight excluding hydrogens is 224 g/mol. The highest BCUT2D eigenvalue weighted by Gasteiger charge is 2.07. The summed E-state index contributed by atoms with van der Waals surface area (Å²) in [5.74, 6) is 0.989. The third kappa shape index (κ3) is 5.07. The van der Waals surface area contributed by atoms with Gasteiger partial charge in [-0.05, 0) is 33.5 Å². The van der Waals surface area contributed by atoms with Crippen molar-refractivity contribution in [1.82, 2.24) is 10.2 Å². The molecule has 0 amide bonds. The molecule has 0 aromatic heterocycles. The van der Waals surface area contributed by atoms with Gasteiger partial charge < -0.3 is 15.0 Å². The first kappa shape index (κ1) is 15.0. The molecule has 1 N–H and O–H groups in total. The molecule has 0 saturated heterocycles. The van der Waals surface area contributed by atoms with Gasteiger partial charge in [0.2, 0.25) is 0 Å². The van der Waals surface area contributed by atoms with Crippen LogP contribution in [0.4, 0.5) is 0 Å². The number of benzene rings is 1. The van der Waals surface area contributed by atoms with Crippen LogP contribution in [-0.2, 0) is 6.54 Å².